The van der Waals surface area contributed by atoms with Gasteiger partial charge in [-0.05, 0) is 24.6 Å². The second kappa shape index (κ2) is 4.99. The summed E-state index contributed by atoms with van der Waals surface area (Å²) >= 11 is 0. The number of nitrogen functional groups attached to an aromatic ring is 1. The maximum Gasteiger partial charge on any atom is 0.416 e. The molecule has 1 unspecified atom stereocenters. The molecule has 7 heteroatoms. The average Bonchev–Trinajstić information content (AvgIpc) is 2.72. The normalized spacial score (nSPS) is 19.3. The number of nitrogens with two attached hydrogens (primary N) is 1. The first kappa shape index (κ1) is 13.5. The third-order valence-electron chi connectivity index (χ3n) is 3.00. The van der Waals surface area contributed by atoms with Gasteiger partial charge < -0.3 is 16.4 Å². The number of carbonyl (C=O) groups is 1. The van der Waals surface area contributed by atoms with Crippen LogP contribution in [0, 0.1) is 0 Å². The SMILES string of the molecule is Nc1cc(C(F)(F)F)ccc1NCC1CCC(=O)N1. The van der Waals surface area contributed by atoms with Gasteiger partial charge in [-0.25, -0.2) is 0 Å². The van der Waals surface area contributed by atoms with Gasteiger partial charge >= 0.3 is 6.18 Å². The molecule has 2 rings (SSSR count). The Kier molecular flexibility index (Phi) is 3.55. The standard InChI is InChI=1S/C12H14F3N3O/c13-12(14,15)7-1-3-10(9(16)5-7)17-6-8-2-4-11(19)18-8/h1,3,5,8,17H,2,4,6,16H2,(H,18,19). The molecule has 1 heterocycles. The van der Waals surface area contributed by atoms with Crippen molar-refractivity contribution in [3.05, 3.63) is 23.8 Å². The van der Waals surface area contributed by atoms with Gasteiger partial charge in [-0.3, -0.25) is 4.79 Å². The Hall–Kier alpha value is -1.92. The fourth-order valence-corrected chi connectivity index (χ4v) is 1.96. The van der Waals surface area contributed by atoms with E-state index in [0.29, 0.717) is 25.1 Å². The molecule has 4 N–H and O–H groups in total. The van der Waals surface area contributed by atoms with Crippen LogP contribution in [0.2, 0.25) is 0 Å². The second-order valence-electron chi connectivity index (χ2n) is 4.48. The highest BCUT2D eigenvalue weighted by Crippen LogP contribution is 2.32. The number of hydrogen-bond donors (Lipinski definition) is 3. The quantitative estimate of drug-likeness (QED) is 0.738. The number of benzene rings is 1. The zero-order chi connectivity index (χ0) is 14.0. The molecule has 0 spiro atoms. The van der Waals surface area contributed by atoms with Gasteiger partial charge in [-0.2, -0.15) is 13.2 Å². The van der Waals surface area contributed by atoms with E-state index in [9.17, 15) is 18.0 Å². The summed E-state index contributed by atoms with van der Waals surface area (Å²) in [4.78, 5) is 11.0. The lowest BCUT2D eigenvalue weighted by Crippen LogP contribution is -2.31. The number of anilines is 2. The molecule has 1 atom stereocenters. The molecule has 0 aromatic heterocycles. The molecule has 0 radical (unpaired) electrons. The van der Waals surface area contributed by atoms with Crippen LogP contribution in [-0.2, 0) is 11.0 Å². The first-order valence-corrected chi connectivity index (χ1v) is 5.86. The molecule has 1 amide bonds. The van der Waals surface area contributed by atoms with Crippen LogP contribution in [0.5, 0.6) is 0 Å². The number of rotatable bonds is 3. The topological polar surface area (TPSA) is 67.1 Å². The van der Waals surface area contributed by atoms with Crippen molar-refractivity contribution in [3.8, 4) is 0 Å². The first-order chi connectivity index (χ1) is 8.86. The molecule has 0 aliphatic carbocycles. The third-order valence-corrected chi connectivity index (χ3v) is 3.00. The molecule has 104 valence electrons. The lowest BCUT2D eigenvalue weighted by atomic mass is 10.1. The fraction of sp³-hybridized carbons (Fsp3) is 0.417. The Morgan fingerprint density at radius 3 is 2.68 bits per heavy atom. The van der Waals surface area contributed by atoms with Crippen LogP contribution < -0.4 is 16.4 Å². The zero-order valence-electron chi connectivity index (χ0n) is 10.1. The van der Waals surface area contributed by atoms with E-state index < -0.39 is 11.7 Å². The van der Waals surface area contributed by atoms with Crippen LogP contribution in [0.1, 0.15) is 18.4 Å². The lowest BCUT2D eigenvalue weighted by molar-refractivity contribution is -0.137. The van der Waals surface area contributed by atoms with E-state index in [1.165, 1.54) is 6.07 Å². The Morgan fingerprint density at radius 2 is 2.16 bits per heavy atom. The number of alkyl halides is 3. The molecule has 1 aromatic rings. The second-order valence-corrected chi connectivity index (χ2v) is 4.48. The highest BCUT2D eigenvalue weighted by atomic mass is 19.4. The number of amides is 1. The predicted octanol–water partition coefficient (Wildman–Crippen LogP) is 1.98. The molecular formula is C12H14F3N3O. The van der Waals surface area contributed by atoms with E-state index in [4.69, 9.17) is 5.73 Å². The van der Waals surface area contributed by atoms with Gasteiger partial charge in [0.2, 0.25) is 5.91 Å². The van der Waals surface area contributed by atoms with Crippen LogP contribution in [0.25, 0.3) is 0 Å². The highest BCUT2D eigenvalue weighted by Gasteiger charge is 2.30. The maximum atomic E-state index is 12.5. The Balaban J connectivity index is 1.99. The van der Waals surface area contributed by atoms with Crippen molar-refractivity contribution < 1.29 is 18.0 Å². The molecule has 0 bridgehead atoms. The van der Waals surface area contributed by atoms with E-state index in [0.717, 1.165) is 12.1 Å². The summed E-state index contributed by atoms with van der Waals surface area (Å²) in [5.74, 6) is -0.00723. The van der Waals surface area contributed by atoms with Crippen molar-refractivity contribution in [1.82, 2.24) is 5.32 Å². The minimum atomic E-state index is -4.40. The average molecular weight is 273 g/mol. The van der Waals surface area contributed by atoms with Crippen molar-refractivity contribution in [2.24, 2.45) is 0 Å². The van der Waals surface area contributed by atoms with Crippen LogP contribution in [0.15, 0.2) is 18.2 Å². The lowest BCUT2D eigenvalue weighted by Gasteiger charge is -2.15. The molecule has 19 heavy (non-hydrogen) atoms. The minimum absolute atomic E-state index is 0.00538. The van der Waals surface area contributed by atoms with Crippen LogP contribution in [-0.4, -0.2) is 18.5 Å². The molecule has 1 saturated heterocycles. The smallest absolute Gasteiger partial charge is 0.397 e. The van der Waals surface area contributed by atoms with E-state index in [-0.39, 0.29) is 17.6 Å². The van der Waals surface area contributed by atoms with Gasteiger partial charge in [0.05, 0.1) is 16.9 Å². The van der Waals surface area contributed by atoms with E-state index in [1.807, 2.05) is 0 Å². The summed E-state index contributed by atoms with van der Waals surface area (Å²) in [5.41, 5.74) is 5.29. The fourth-order valence-electron chi connectivity index (χ4n) is 1.96. The van der Waals surface area contributed by atoms with Crippen molar-refractivity contribution in [3.63, 3.8) is 0 Å². The number of hydrogen-bond acceptors (Lipinski definition) is 3. The summed E-state index contributed by atoms with van der Waals surface area (Å²) in [6.45, 7) is 0.446. The van der Waals surface area contributed by atoms with Gasteiger partial charge in [0.1, 0.15) is 0 Å². The zero-order valence-corrected chi connectivity index (χ0v) is 10.1. The first-order valence-electron chi connectivity index (χ1n) is 5.86. The van der Waals surface area contributed by atoms with Crippen molar-refractivity contribution in [1.29, 1.82) is 0 Å². The van der Waals surface area contributed by atoms with Crippen molar-refractivity contribution in [2.45, 2.75) is 25.1 Å². The summed E-state index contributed by atoms with van der Waals surface area (Å²) in [7, 11) is 0. The van der Waals surface area contributed by atoms with Crippen molar-refractivity contribution >= 4 is 17.3 Å². The van der Waals surface area contributed by atoms with E-state index in [1.54, 1.807) is 0 Å². The molecule has 4 nitrogen and oxygen atoms in total. The Morgan fingerprint density at radius 1 is 1.42 bits per heavy atom. The molecule has 1 aromatic carbocycles. The van der Waals surface area contributed by atoms with Gasteiger partial charge in [0.15, 0.2) is 0 Å². The van der Waals surface area contributed by atoms with Gasteiger partial charge in [0, 0.05) is 19.0 Å². The summed E-state index contributed by atoms with van der Waals surface area (Å²) in [6.07, 6.45) is -3.20. The Bertz CT molecular complexity index is 488. The largest absolute Gasteiger partial charge is 0.416 e. The molecular weight excluding hydrogens is 259 g/mol. The maximum absolute atomic E-state index is 12.5. The number of carbonyl (C=O) groups excluding carboxylic acids is 1. The van der Waals surface area contributed by atoms with Crippen LogP contribution >= 0.6 is 0 Å². The highest BCUT2D eigenvalue weighted by molar-refractivity contribution is 5.78. The third kappa shape index (κ3) is 3.30. The summed E-state index contributed by atoms with van der Waals surface area (Å²) in [6, 6.07) is 3.17. The molecule has 1 aliphatic rings. The summed E-state index contributed by atoms with van der Waals surface area (Å²) < 4.78 is 37.4. The van der Waals surface area contributed by atoms with Crippen LogP contribution in [0.4, 0.5) is 24.5 Å². The van der Waals surface area contributed by atoms with Gasteiger partial charge in [-0.15, -0.1) is 0 Å². The molecule has 1 fully saturated rings. The van der Waals surface area contributed by atoms with E-state index >= 15 is 0 Å². The van der Waals surface area contributed by atoms with Crippen molar-refractivity contribution in [2.75, 3.05) is 17.6 Å². The number of nitrogens with one attached hydrogen (secondary N) is 2. The monoisotopic (exact) mass is 273 g/mol. The number of halogens is 3. The van der Waals surface area contributed by atoms with Crippen LogP contribution in [0.3, 0.4) is 0 Å². The van der Waals surface area contributed by atoms with Gasteiger partial charge in [-0.1, -0.05) is 0 Å². The predicted molar refractivity (Wildman–Crippen MR) is 65.5 cm³/mol. The Labute approximate surface area is 108 Å². The van der Waals surface area contributed by atoms with E-state index in [2.05, 4.69) is 10.6 Å². The van der Waals surface area contributed by atoms with Gasteiger partial charge in [0.25, 0.3) is 0 Å². The summed E-state index contributed by atoms with van der Waals surface area (Å²) in [5, 5.41) is 5.70. The molecule has 1 aliphatic heterocycles. The minimum Gasteiger partial charge on any atom is -0.397 e. The molecule has 0 saturated carbocycles.